The smallest absolute Gasteiger partial charge is 0.129 e. The predicted octanol–water partition coefficient (Wildman–Crippen LogP) is 3.39. The lowest BCUT2D eigenvalue weighted by molar-refractivity contribution is 0.608. The molecule has 0 spiro atoms. The molecule has 0 aliphatic heterocycles. The Labute approximate surface area is 129 Å². The second kappa shape index (κ2) is 6.18. The first kappa shape index (κ1) is 15.4. The van der Waals surface area contributed by atoms with Gasteiger partial charge in [0.25, 0.3) is 0 Å². The normalized spacial score (nSPS) is 10.5. The van der Waals surface area contributed by atoms with Gasteiger partial charge in [-0.25, -0.2) is 9.37 Å². The summed E-state index contributed by atoms with van der Waals surface area (Å²) in [5, 5.41) is 3.22. The maximum Gasteiger partial charge on any atom is 0.129 e. The number of nitrogens with one attached hydrogen (secondary N) is 1. The maximum absolute atomic E-state index is 13.6. The van der Waals surface area contributed by atoms with Crippen molar-refractivity contribution in [2.24, 2.45) is 5.73 Å². The van der Waals surface area contributed by atoms with E-state index in [9.17, 15) is 4.39 Å². The Balaban J connectivity index is 2.18. The highest BCUT2D eigenvalue weighted by atomic mass is 32.1. The fraction of sp³-hybridized carbons (Fsp3) is 0.250. The first-order valence-electron chi connectivity index (χ1n) is 6.65. The van der Waals surface area contributed by atoms with Crippen LogP contribution in [0.25, 0.3) is 0 Å². The molecule has 5 heteroatoms. The first-order chi connectivity index (χ1) is 9.86. The summed E-state index contributed by atoms with van der Waals surface area (Å²) in [5.74, 6) is 0.556. The van der Waals surface area contributed by atoms with Gasteiger partial charge in [-0.3, -0.25) is 0 Å². The molecule has 1 heterocycles. The summed E-state index contributed by atoms with van der Waals surface area (Å²) in [6.45, 7) is 5.98. The summed E-state index contributed by atoms with van der Waals surface area (Å²) in [6.07, 6.45) is 0. The molecule has 3 N–H and O–H groups in total. The quantitative estimate of drug-likeness (QED) is 0.850. The number of nitrogens with zero attached hydrogens (tertiary/aromatic N) is 1. The predicted molar refractivity (Wildman–Crippen MR) is 88.1 cm³/mol. The van der Waals surface area contributed by atoms with Crippen LogP contribution in [0.5, 0.6) is 0 Å². The summed E-state index contributed by atoms with van der Waals surface area (Å²) < 4.78 is 13.6. The number of rotatable bonds is 4. The molecule has 110 valence electrons. The van der Waals surface area contributed by atoms with E-state index in [1.54, 1.807) is 13.8 Å². The van der Waals surface area contributed by atoms with Crippen molar-refractivity contribution < 1.29 is 4.39 Å². The Morgan fingerprint density at radius 3 is 2.38 bits per heavy atom. The van der Waals surface area contributed by atoms with Crippen LogP contribution in [-0.4, -0.2) is 9.97 Å². The van der Waals surface area contributed by atoms with Gasteiger partial charge in [0.2, 0.25) is 0 Å². The molecule has 1 aromatic heterocycles. The minimum Gasteiger partial charge on any atom is -0.389 e. The third-order valence-corrected chi connectivity index (χ3v) is 3.44. The van der Waals surface area contributed by atoms with Gasteiger partial charge in [-0.1, -0.05) is 24.4 Å². The van der Waals surface area contributed by atoms with E-state index in [1.165, 1.54) is 0 Å². The Bertz CT molecular complexity index is 675. The van der Waals surface area contributed by atoms with Crippen molar-refractivity contribution >= 4 is 23.0 Å². The molecule has 2 aromatic rings. The van der Waals surface area contributed by atoms with Crippen LogP contribution < -0.4 is 11.1 Å². The van der Waals surface area contributed by atoms with Crippen molar-refractivity contribution in [2.45, 2.75) is 27.3 Å². The van der Waals surface area contributed by atoms with Crippen LogP contribution in [0, 0.1) is 26.6 Å². The van der Waals surface area contributed by atoms with Crippen LogP contribution in [0.15, 0.2) is 24.3 Å². The molecule has 2 rings (SSSR count). The highest BCUT2D eigenvalue weighted by Crippen LogP contribution is 2.16. The Hall–Kier alpha value is -2.01. The summed E-state index contributed by atoms with van der Waals surface area (Å²) >= 11 is 4.99. The molecule has 0 saturated carbocycles. The fourth-order valence-corrected chi connectivity index (χ4v) is 2.35. The van der Waals surface area contributed by atoms with Gasteiger partial charge in [0.1, 0.15) is 16.6 Å². The Kier molecular flexibility index (Phi) is 4.53. The first-order valence-corrected chi connectivity index (χ1v) is 7.05. The molecule has 0 bridgehead atoms. The van der Waals surface area contributed by atoms with Gasteiger partial charge in [-0.2, -0.15) is 0 Å². The highest BCUT2D eigenvalue weighted by molar-refractivity contribution is 7.80. The number of benzene rings is 1. The molecule has 0 aliphatic carbocycles. The molecule has 0 atom stereocenters. The van der Waals surface area contributed by atoms with E-state index in [4.69, 9.17) is 18.0 Å². The monoisotopic (exact) mass is 303 g/mol. The maximum atomic E-state index is 13.6. The molecule has 0 unspecified atom stereocenters. The standard InChI is InChI=1S/C16H18FN3S/c1-9-4-12(5-10(2)15(9)17)8-19-14-7-13(16(18)21)6-11(3)20-14/h4-7H,8H2,1-3H3,(H2,18,21)(H,19,20). The number of aromatic nitrogens is 1. The summed E-state index contributed by atoms with van der Waals surface area (Å²) in [4.78, 5) is 4.74. The zero-order chi connectivity index (χ0) is 15.6. The number of nitrogens with two attached hydrogens (primary N) is 1. The molecule has 0 saturated heterocycles. The minimum atomic E-state index is -0.150. The van der Waals surface area contributed by atoms with Crippen LogP contribution in [0.2, 0.25) is 0 Å². The zero-order valence-corrected chi connectivity index (χ0v) is 13.1. The van der Waals surface area contributed by atoms with E-state index in [1.807, 2.05) is 31.2 Å². The van der Waals surface area contributed by atoms with Gasteiger partial charge >= 0.3 is 0 Å². The topological polar surface area (TPSA) is 50.9 Å². The highest BCUT2D eigenvalue weighted by Gasteiger charge is 2.06. The molecule has 0 fully saturated rings. The number of hydrogen-bond acceptors (Lipinski definition) is 3. The number of hydrogen-bond donors (Lipinski definition) is 2. The van der Waals surface area contributed by atoms with Crippen LogP contribution in [0.3, 0.4) is 0 Å². The van der Waals surface area contributed by atoms with Crippen molar-refractivity contribution in [3.8, 4) is 0 Å². The van der Waals surface area contributed by atoms with Gasteiger partial charge in [-0.15, -0.1) is 0 Å². The van der Waals surface area contributed by atoms with E-state index in [2.05, 4.69) is 10.3 Å². The average Bonchev–Trinajstić information content (AvgIpc) is 2.41. The van der Waals surface area contributed by atoms with Crippen molar-refractivity contribution in [2.75, 3.05) is 5.32 Å². The van der Waals surface area contributed by atoms with E-state index in [-0.39, 0.29) is 5.82 Å². The number of aryl methyl sites for hydroxylation is 3. The number of thiocarbonyl (C=S) groups is 1. The molecule has 1 aromatic carbocycles. The SMILES string of the molecule is Cc1cc(C(N)=S)cc(NCc2cc(C)c(F)c(C)c2)n1. The lowest BCUT2D eigenvalue weighted by atomic mass is 10.1. The molecule has 0 aliphatic rings. The third-order valence-electron chi connectivity index (χ3n) is 3.21. The number of halogens is 1. The van der Waals surface area contributed by atoms with E-state index in [0.717, 1.165) is 16.8 Å². The summed E-state index contributed by atoms with van der Waals surface area (Å²) in [5.41, 5.74) is 9.57. The van der Waals surface area contributed by atoms with Crippen LogP contribution in [0.1, 0.15) is 27.9 Å². The second-order valence-corrected chi connectivity index (χ2v) is 5.58. The molecule has 0 radical (unpaired) electrons. The lowest BCUT2D eigenvalue weighted by Gasteiger charge is -2.10. The molecular weight excluding hydrogens is 285 g/mol. The van der Waals surface area contributed by atoms with Crippen molar-refractivity contribution in [3.05, 3.63) is 58.0 Å². The van der Waals surface area contributed by atoms with Crippen LogP contribution in [0.4, 0.5) is 10.2 Å². The van der Waals surface area contributed by atoms with Gasteiger partial charge in [-0.05, 0) is 49.6 Å². The zero-order valence-electron chi connectivity index (χ0n) is 12.3. The minimum absolute atomic E-state index is 0.150. The largest absolute Gasteiger partial charge is 0.389 e. The van der Waals surface area contributed by atoms with E-state index >= 15 is 0 Å². The van der Waals surface area contributed by atoms with Gasteiger partial charge < -0.3 is 11.1 Å². The third kappa shape index (κ3) is 3.76. The van der Waals surface area contributed by atoms with Crippen LogP contribution >= 0.6 is 12.2 Å². The summed E-state index contributed by atoms with van der Waals surface area (Å²) in [7, 11) is 0. The number of anilines is 1. The van der Waals surface area contributed by atoms with Gasteiger partial charge in [0.05, 0.1) is 0 Å². The average molecular weight is 303 g/mol. The molecule has 0 amide bonds. The van der Waals surface area contributed by atoms with Gasteiger partial charge in [0.15, 0.2) is 0 Å². The Morgan fingerprint density at radius 2 is 1.81 bits per heavy atom. The summed E-state index contributed by atoms with van der Waals surface area (Å²) in [6, 6.07) is 7.33. The van der Waals surface area contributed by atoms with Crippen LogP contribution in [-0.2, 0) is 6.54 Å². The van der Waals surface area contributed by atoms with E-state index in [0.29, 0.717) is 28.5 Å². The lowest BCUT2D eigenvalue weighted by Crippen LogP contribution is -2.11. The molecule has 21 heavy (non-hydrogen) atoms. The van der Waals surface area contributed by atoms with Crippen molar-refractivity contribution in [1.29, 1.82) is 0 Å². The number of pyridine rings is 1. The van der Waals surface area contributed by atoms with E-state index < -0.39 is 0 Å². The van der Waals surface area contributed by atoms with Crippen molar-refractivity contribution in [1.82, 2.24) is 4.98 Å². The Morgan fingerprint density at radius 1 is 1.19 bits per heavy atom. The molecular formula is C16H18FN3S. The molecule has 3 nitrogen and oxygen atoms in total. The fourth-order valence-electron chi connectivity index (χ4n) is 2.23. The van der Waals surface area contributed by atoms with Gasteiger partial charge in [0, 0.05) is 17.8 Å². The van der Waals surface area contributed by atoms with Crippen molar-refractivity contribution in [3.63, 3.8) is 0 Å². The second-order valence-electron chi connectivity index (χ2n) is 5.14.